The molecule has 1 heterocycles. The number of methoxy groups -OCH3 is 1. The maximum Gasteiger partial charge on any atom is 0.261 e. The van der Waals surface area contributed by atoms with Gasteiger partial charge in [0.25, 0.3) is 10.0 Å². The first kappa shape index (κ1) is 18.9. The van der Waals surface area contributed by atoms with Crippen molar-refractivity contribution >= 4 is 39.5 Å². The molecular weight excluding hydrogens is 384 g/mol. The lowest BCUT2D eigenvalue weighted by atomic mass is 10.1. The van der Waals surface area contributed by atoms with Crippen LogP contribution in [0.2, 0.25) is 5.02 Å². The van der Waals surface area contributed by atoms with Crippen LogP contribution >= 0.6 is 11.6 Å². The van der Waals surface area contributed by atoms with Gasteiger partial charge in [0.15, 0.2) is 0 Å². The third-order valence-corrected chi connectivity index (χ3v) is 5.52. The molecule has 0 saturated carbocycles. The summed E-state index contributed by atoms with van der Waals surface area (Å²) < 4.78 is 33.0. The van der Waals surface area contributed by atoms with Crippen LogP contribution in [0, 0.1) is 0 Å². The summed E-state index contributed by atoms with van der Waals surface area (Å²) in [5.41, 5.74) is 1.97. The maximum atomic E-state index is 12.7. The Balaban J connectivity index is 1.88. The lowest BCUT2D eigenvalue weighted by Gasteiger charge is -2.11. The minimum absolute atomic E-state index is 0.152. The first-order valence-corrected chi connectivity index (χ1v) is 9.89. The quantitative estimate of drug-likeness (QED) is 0.650. The molecule has 0 saturated heterocycles. The van der Waals surface area contributed by atoms with Crippen molar-refractivity contribution in [3.05, 3.63) is 83.1 Å². The van der Waals surface area contributed by atoms with Gasteiger partial charge in [-0.2, -0.15) is 0 Å². The number of benzene rings is 2. The first-order valence-electron chi connectivity index (χ1n) is 8.03. The number of nitrogens with zero attached hydrogens (tertiary/aromatic N) is 1. The molecule has 0 atom stereocenters. The Morgan fingerprint density at radius 1 is 1.00 bits per heavy atom. The van der Waals surface area contributed by atoms with Gasteiger partial charge >= 0.3 is 0 Å². The number of pyridine rings is 1. The Bertz CT molecular complexity index is 1060. The van der Waals surface area contributed by atoms with Crippen LogP contribution in [0.5, 0.6) is 5.75 Å². The highest BCUT2D eigenvalue weighted by atomic mass is 35.5. The van der Waals surface area contributed by atoms with Gasteiger partial charge in [0.05, 0.1) is 22.7 Å². The van der Waals surface area contributed by atoms with E-state index in [-0.39, 0.29) is 4.90 Å². The van der Waals surface area contributed by atoms with Crippen LogP contribution in [0.1, 0.15) is 11.1 Å². The van der Waals surface area contributed by atoms with E-state index in [1.165, 1.54) is 19.2 Å². The summed E-state index contributed by atoms with van der Waals surface area (Å²) in [6, 6.07) is 15.1. The number of para-hydroxylation sites is 1. The van der Waals surface area contributed by atoms with E-state index in [0.29, 0.717) is 22.0 Å². The van der Waals surface area contributed by atoms with E-state index in [9.17, 15) is 8.42 Å². The Morgan fingerprint density at radius 3 is 2.41 bits per heavy atom. The summed E-state index contributed by atoms with van der Waals surface area (Å²) in [6.07, 6.45) is 6.81. The number of ether oxygens (including phenoxy) is 1. The predicted octanol–water partition coefficient (Wildman–Crippen LogP) is 4.71. The van der Waals surface area contributed by atoms with Crippen LogP contribution in [0.15, 0.2) is 71.9 Å². The second-order valence-electron chi connectivity index (χ2n) is 5.60. The molecule has 7 heteroatoms. The molecule has 0 spiro atoms. The van der Waals surface area contributed by atoms with Gasteiger partial charge in [-0.25, -0.2) is 8.42 Å². The number of aromatic nitrogens is 1. The van der Waals surface area contributed by atoms with Crippen molar-refractivity contribution in [3.8, 4) is 5.75 Å². The molecule has 3 aromatic rings. The third-order valence-electron chi connectivity index (χ3n) is 3.82. The Kier molecular flexibility index (Phi) is 5.78. The monoisotopic (exact) mass is 400 g/mol. The van der Waals surface area contributed by atoms with Gasteiger partial charge in [0, 0.05) is 12.4 Å². The molecule has 0 fully saturated rings. The van der Waals surface area contributed by atoms with Crippen molar-refractivity contribution in [2.24, 2.45) is 0 Å². The molecule has 27 heavy (non-hydrogen) atoms. The fourth-order valence-corrected chi connectivity index (χ4v) is 3.66. The molecule has 1 aromatic heterocycles. The molecule has 0 amide bonds. The van der Waals surface area contributed by atoms with E-state index in [1.807, 2.05) is 18.2 Å². The van der Waals surface area contributed by atoms with Crippen LogP contribution in [0.3, 0.4) is 0 Å². The highest BCUT2D eigenvalue weighted by Gasteiger charge is 2.15. The topological polar surface area (TPSA) is 68.3 Å². The largest absolute Gasteiger partial charge is 0.497 e. The lowest BCUT2D eigenvalue weighted by Crippen LogP contribution is -2.13. The van der Waals surface area contributed by atoms with Gasteiger partial charge < -0.3 is 4.74 Å². The molecule has 0 unspecified atom stereocenters. The van der Waals surface area contributed by atoms with Crippen molar-refractivity contribution in [1.82, 2.24) is 4.98 Å². The molecule has 1 N–H and O–H groups in total. The molecule has 0 radical (unpaired) electrons. The molecule has 2 aromatic carbocycles. The number of halogens is 1. The standard InChI is InChI=1S/C20H17ClN2O3S/c1-26-17-8-10-18(11-9-17)27(24,25)23-20-5-3-2-4-16(20)7-6-15-12-13-22-14-19(15)21/h2-14,23H,1H3. The summed E-state index contributed by atoms with van der Waals surface area (Å²) in [4.78, 5) is 4.10. The number of nitrogens with one attached hydrogen (secondary N) is 1. The van der Waals surface area contributed by atoms with E-state index >= 15 is 0 Å². The summed E-state index contributed by atoms with van der Waals surface area (Å²) in [7, 11) is -2.20. The Labute approximate surface area is 163 Å². The molecule has 0 aliphatic rings. The molecule has 0 aliphatic heterocycles. The Hall–Kier alpha value is -2.83. The van der Waals surface area contributed by atoms with E-state index in [0.717, 1.165) is 5.56 Å². The predicted molar refractivity (Wildman–Crippen MR) is 108 cm³/mol. The fourth-order valence-electron chi connectivity index (χ4n) is 2.39. The summed E-state index contributed by atoms with van der Waals surface area (Å²) in [6.45, 7) is 0. The average molecular weight is 401 g/mol. The number of hydrogen-bond donors (Lipinski definition) is 1. The van der Waals surface area contributed by atoms with Crippen LogP contribution in [0.25, 0.3) is 12.2 Å². The van der Waals surface area contributed by atoms with E-state index in [2.05, 4.69) is 9.71 Å². The van der Waals surface area contributed by atoms with E-state index < -0.39 is 10.0 Å². The zero-order valence-electron chi connectivity index (χ0n) is 14.5. The van der Waals surface area contributed by atoms with Gasteiger partial charge in [-0.05, 0) is 47.5 Å². The van der Waals surface area contributed by atoms with Crippen LogP contribution in [-0.2, 0) is 10.0 Å². The molecule has 3 rings (SSSR count). The zero-order valence-corrected chi connectivity index (χ0v) is 16.0. The average Bonchev–Trinajstić information content (AvgIpc) is 2.68. The molecule has 0 bridgehead atoms. The number of rotatable bonds is 6. The van der Waals surface area contributed by atoms with Gasteiger partial charge in [-0.15, -0.1) is 0 Å². The molecule has 138 valence electrons. The first-order chi connectivity index (χ1) is 13.0. The summed E-state index contributed by atoms with van der Waals surface area (Å²) in [5.74, 6) is 0.589. The SMILES string of the molecule is COc1ccc(S(=O)(=O)Nc2ccccc2C=Cc2ccncc2Cl)cc1. The van der Waals surface area contributed by atoms with Gasteiger partial charge in [-0.1, -0.05) is 42.0 Å². The van der Waals surface area contributed by atoms with Gasteiger partial charge in [0.1, 0.15) is 5.75 Å². The van der Waals surface area contributed by atoms with Crippen molar-refractivity contribution in [1.29, 1.82) is 0 Å². The van der Waals surface area contributed by atoms with Crippen molar-refractivity contribution < 1.29 is 13.2 Å². The molecule has 0 aliphatic carbocycles. The highest BCUT2D eigenvalue weighted by molar-refractivity contribution is 7.92. The third kappa shape index (κ3) is 4.67. The van der Waals surface area contributed by atoms with Crippen molar-refractivity contribution in [2.75, 3.05) is 11.8 Å². The van der Waals surface area contributed by atoms with Crippen LogP contribution in [-0.4, -0.2) is 20.5 Å². The molecule has 5 nitrogen and oxygen atoms in total. The lowest BCUT2D eigenvalue weighted by molar-refractivity contribution is 0.414. The van der Waals surface area contributed by atoms with E-state index in [4.69, 9.17) is 16.3 Å². The van der Waals surface area contributed by atoms with E-state index in [1.54, 1.807) is 48.8 Å². The van der Waals surface area contributed by atoms with Crippen molar-refractivity contribution in [2.45, 2.75) is 4.90 Å². The normalized spacial score (nSPS) is 11.5. The zero-order chi connectivity index (χ0) is 19.3. The second-order valence-corrected chi connectivity index (χ2v) is 7.69. The number of sulfonamides is 1. The maximum absolute atomic E-state index is 12.7. The number of hydrogen-bond acceptors (Lipinski definition) is 4. The van der Waals surface area contributed by atoms with Gasteiger partial charge in [0.2, 0.25) is 0 Å². The fraction of sp³-hybridized carbons (Fsp3) is 0.0500. The number of anilines is 1. The highest BCUT2D eigenvalue weighted by Crippen LogP contribution is 2.24. The van der Waals surface area contributed by atoms with Crippen LogP contribution in [0.4, 0.5) is 5.69 Å². The minimum atomic E-state index is -3.73. The second kappa shape index (κ2) is 8.24. The van der Waals surface area contributed by atoms with Crippen molar-refractivity contribution in [3.63, 3.8) is 0 Å². The summed E-state index contributed by atoms with van der Waals surface area (Å²) in [5, 5.41) is 0.519. The minimum Gasteiger partial charge on any atom is -0.497 e. The Morgan fingerprint density at radius 2 is 1.70 bits per heavy atom. The molecular formula is C20H17ClN2O3S. The van der Waals surface area contributed by atoms with Crippen LogP contribution < -0.4 is 9.46 Å². The van der Waals surface area contributed by atoms with Gasteiger partial charge in [-0.3, -0.25) is 9.71 Å². The smallest absolute Gasteiger partial charge is 0.261 e. The summed E-state index contributed by atoms with van der Waals surface area (Å²) >= 11 is 6.11.